The molecule has 1 amide bonds. The Morgan fingerprint density at radius 1 is 1.41 bits per heavy atom. The van der Waals surface area contributed by atoms with Gasteiger partial charge in [0.15, 0.2) is 11.5 Å². The summed E-state index contributed by atoms with van der Waals surface area (Å²) in [6.07, 6.45) is -0.459. The fraction of sp³-hybridized carbons (Fsp3) is 0.467. The number of benzene rings is 1. The number of carbonyl (C=O) groups excluding carboxylic acids is 1. The highest BCUT2D eigenvalue weighted by atomic mass is 32.2. The van der Waals surface area contributed by atoms with Crippen LogP contribution in [-0.2, 0) is 9.59 Å². The molecule has 1 aromatic rings. The Kier molecular flexibility index (Phi) is 5.94. The summed E-state index contributed by atoms with van der Waals surface area (Å²) < 4.78 is 11.0. The smallest absolute Gasteiger partial charge is 0.326 e. The summed E-state index contributed by atoms with van der Waals surface area (Å²) in [6, 6.07) is 6.15. The average Bonchev–Trinajstić information content (AvgIpc) is 2.53. The van der Waals surface area contributed by atoms with Gasteiger partial charge in [0.05, 0.1) is 0 Å². The number of carbonyl (C=O) groups is 2. The van der Waals surface area contributed by atoms with Crippen LogP contribution in [-0.4, -0.2) is 47.2 Å². The second-order valence-electron chi connectivity index (χ2n) is 4.75. The largest absolute Gasteiger partial charge is 0.485 e. The van der Waals surface area contributed by atoms with Crippen molar-refractivity contribution in [3.8, 4) is 11.5 Å². The third kappa shape index (κ3) is 4.30. The topological polar surface area (TPSA) is 84.9 Å². The van der Waals surface area contributed by atoms with E-state index in [9.17, 15) is 14.7 Å². The van der Waals surface area contributed by atoms with Gasteiger partial charge in [-0.3, -0.25) is 4.79 Å². The average molecular weight is 325 g/mol. The molecule has 0 bridgehead atoms. The van der Waals surface area contributed by atoms with Gasteiger partial charge in [0.25, 0.3) is 5.91 Å². The molecule has 0 spiro atoms. The van der Waals surface area contributed by atoms with E-state index in [1.165, 1.54) is 0 Å². The van der Waals surface area contributed by atoms with Crippen LogP contribution in [0.1, 0.15) is 13.3 Å². The van der Waals surface area contributed by atoms with Crippen LogP contribution in [0.4, 0.5) is 0 Å². The van der Waals surface area contributed by atoms with Gasteiger partial charge in [0, 0.05) is 0 Å². The number of carboxylic acid groups (broad SMARTS) is 1. The molecule has 120 valence electrons. The molecule has 1 aliphatic heterocycles. The van der Waals surface area contributed by atoms with Crippen molar-refractivity contribution >= 4 is 23.6 Å². The van der Waals surface area contributed by atoms with Crippen molar-refractivity contribution in [3.05, 3.63) is 24.3 Å². The second kappa shape index (κ2) is 7.93. The Labute approximate surface area is 133 Å². The predicted octanol–water partition coefficient (Wildman–Crippen LogP) is 1.54. The molecule has 6 nitrogen and oxygen atoms in total. The van der Waals surface area contributed by atoms with Crippen molar-refractivity contribution in [2.75, 3.05) is 18.1 Å². The number of amides is 1. The molecule has 0 aliphatic carbocycles. The first-order valence-electron chi connectivity index (χ1n) is 7.11. The lowest BCUT2D eigenvalue weighted by atomic mass is 10.2. The zero-order chi connectivity index (χ0) is 15.9. The summed E-state index contributed by atoms with van der Waals surface area (Å²) in [7, 11) is 0. The highest BCUT2D eigenvalue weighted by Gasteiger charge is 2.30. The minimum absolute atomic E-state index is 0.0683. The Hall–Kier alpha value is -1.89. The van der Waals surface area contributed by atoms with Crippen molar-refractivity contribution < 1.29 is 24.2 Å². The summed E-state index contributed by atoms with van der Waals surface area (Å²) in [5, 5.41) is 11.7. The molecule has 0 radical (unpaired) electrons. The number of para-hydroxylation sites is 2. The molecule has 1 heterocycles. The van der Waals surface area contributed by atoms with Crippen LogP contribution >= 0.6 is 11.8 Å². The molecule has 1 aromatic carbocycles. The molecule has 2 N–H and O–H groups in total. The van der Waals surface area contributed by atoms with Gasteiger partial charge >= 0.3 is 5.97 Å². The van der Waals surface area contributed by atoms with E-state index in [2.05, 4.69) is 5.32 Å². The van der Waals surface area contributed by atoms with Gasteiger partial charge in [-0.25, -0.2) is 4.79 Å². The third-order valence-electron chi connectivity index (χ3n) is 3.17. The SMILES string of the molecule is CCSCCC(NC(=O)C1COc2ccccc2O1)C(=O)O. The molecular formula is C15H19NO5S. The fourth-order valence-electron chi connectivity index (χ4n) is 2.02. The van der Waals surface area contributed by atoms with Crippen molar-refractivity contribution in [1.82, 2.24) is 5.32 Å². The van der Waals surface area contributed by atoms with E-state index < -0.39 is 24.0 Å². The third-order valence-corrected chi connectivity index (χ3v) is 4.10. The van der Waals surface area contributed by atoms with Crippen molar-refractivity contribution in [2.45, 2.75) is 25.5 Å². The lowest BCUT2D eigenvalue weighted by Crippen LogP contribution is -2.50. The lowest BCUT2D eigenvalue weighted by Gasteiger charge is -2.26. The number of nitrogens with one attached hydrogen (secondary N) is 1. The summed E-state index contributed by atoms with van der Waals surface area (Å²) in [5.41, 5.74) is 0. The zero-order valence-corrected chi connectivity index (χ0v) is 13.1. The minimum atomic E-state index is -1.04. The van der Waals surface area contributed by atoms with E-state index in [-0.39, 0.29) is 6.61 Å². The number of carboxylic acids is 1. The maximum absolute atomic E-state index is 12.2. The maximum Gasteiger partial charge on any atom is 0.326 e. The minimum Gasteiger partial charge on any atom is -0.485 e. The van der Waals surface area contributed by atoms with E-state index in [1.807, 2.05) is 13.0 Å². The zero-order valence-electron chi connectivity index (χ0n) is 12.3. The van der Waals surface area contributed by atoms with Crippen LogP contribution in [0, 0.1) is 0 Å². The number of ether oxygens (including phenoxy) is 2. The molecular weight excluding hydrogens is 306 g/mol. The summed E-state index contributed by atoms with van der Waals surface area (Å²) in [6.45, 7) is 2.07. The molecule has 2 unspecified atom stereocenters. The maximum atomic E-state index is 12.2. The highest BCUT2D eigenvalue weighted by molar-refractivity contribution is 7.99. The monoisotopic (exact) mass is 325 g/mol. The standard InChI is InChI=1S/C15H19NO5S/c1-2-22-8-7-10(15(18)19)16-14(17)13-9-20-11-5-3-4-6-12(11)21-13/h3-6,10,13H,2,7-9H2,1H3,(H,16,17)(H,18,19). The highest BCUT2D eigenvalue weighted by Crippen LogP contribution is 2.30. The van der Waals surface area contributed by atoms with Crippen LogP contribution in [0.2, 0.25) is 0 Å². The molecule has 2 rings (SSSR count). The van der Waals surface area contributed by atoms with Gasteiger partial charge in [0.1, 0.15) is 12.6 Å². The van der Waals surface area contributed by atoms with E-state index in [1.54, 1.807) is 30.0 Å². The number of hydrogen-bond donors (Lipinski definition) is 2. The first kappa shape index (κ1) is 16.5. The second-order valence-corrected chi connectivity index (χ2v) is 6.14. The van der Waals surface area contributed by atoms with Gasteiger partial charge in [-0.2, -0.15) is 11.8 Å². The van der Waals surface area contributed by atoms with Gasteiger partial charge in [-0.15, -0.1) is 0 Å². The van der Waals surface area contributed by atoms with Crippen LogP contribution in [0.3, 0.4) is 0 Å². The molecule has 2 atom stereocenters. The number of fused-ring (bicyclic) bond motifs is 1. The van der Waals surface area contributed by atoms with Crippen LogP contribution < -0.4 is 14.8 Å². The molecule has 22 heavy (non-hydrogen) atoms. The van der Waals surface area contributed by atoms with Crippen LogP contribution in [0.25, 0.3) is 0 Å². The fourth-order valence-corrected chi connectivity index (χ4v) is 2.71. The summed E-state index contributed by atoms with van der Waals surface area (Å²) in [5.74, 6) is 1.16. The Balaban J connectivity index is 1.92. The molecule has 0 fully saturated rings. The number of aliphatic carboxylic acids is 1. The van der Waals surface area contributed by atoms with Gasteiger partial charge in [0.2, 0.25) is 6.10 Å². The number of hydrogen-bond acceptors (Lipinski definition) is 5. The van der Waals surface area contributed by atoms with Gasteiger partial charge < -0.3 is 19.9 Å². The number of thioether (sulfide) groups is 1. The van der Waals surface area contributed by atoms with Crippen LogP contribution in [0.15, 0.2) is 24.3 Å². The van der Waals surface area contributed by atoms with E-state index in [0.29, 0.717) is 23.7 Å². The van der Waals surface area contributed by atoms with E-state index in [0.717, 1.165) is 5.75 Å². The summed E-state index contributed by atoms with van der Waals surface area (Å²) in [4.78, 5) is 23.4. The van der Waals surface area contributed by atoms with Crippen molar-refractivity contribution in [3.63, 3.8) is 0 Å². The van der Waals surface area contributed by atoms with Crippen molar-refractivity contribution in [1.29, 1.82) is 0 Å². The normalized spacial score (nSPS) is 17.6. The molecule has 1 aliphatic rings. The first-order chi connectivity index (χ1) is 10.6. The van der Waals surface area contributed by atoms with E-state index >= 15 is 0 Å². The lowest BCUT2D eigenvalue weighted by molar-refractivity contribution is -0.143. The molecule has 0 saturated heterocycles. The molecule has 0 aromatic heterocycles. The first-order valence-corrected chi connectivity index (χ1v) is 8.26. The van der Waals surface area contributed by atoms with Gasteiger partial charge in [-0.05, 0) is 30.1 Å². The Bertz CT molecular complexity index is 536. The number of rotatable bonds is 7. The van der Waals surface area contributed by atoms with Crippen molar-refractivity contribution in [2.24, 2.45) is 0 Å². The van der Waals surface area contributed by atoms with Gasteiger partial charge in [-0.1, -0.05) is 19.1 Å². The summed E-state index contributed by atoms with van der Waals surface area (Å²) >= 11 is 1.64. The molecule has 0 saturated carbocycles. The predicted molar refractivity (Wildman–Crippen MR) is 83.5 cm³/mol. The van der Waals surface area contributed by atoms with Crippen LogP contribution in [0.5, 0.6) is 11.5 Å². The quantitative estimate of drug-likeness (QED) is 0.740. The Morgan fingerprint density at radius 2 is 2.14 bits per heavy atom. The Morgan fingerprint density at radius 3 is 2.82 bits per heavy atom. The van der Waals surface area contributed by atoms with E-state index in [4.69, 9.17) is 9.47 Å². The molecule has 7 heteroatoms.